The maximum atomic E-state index is 11.5. The average molecular weight is 444 g/mol. The van der Waals surface area contributed by atoms with Crippen LogP contribution in [0, 0.1) is 20.8 Å². The van der Waals surface area contributed by atoms with Crippen LogP contribution in [-0.2, 0) is 6.54 Å². The predicted octanol–water partition coefficient (Wildman–Crippen LogP) is 5.16. The summed E-state index contributed by atoms with van der Waals surface area (Å²) in [5.74, 6) is 0.974. The molecule has 1 aliphatic heterocycles. The topological polar surface area (TPSA) is 68.5 Å². The normalized spacial score (nSPS) is 16.5. The van der Waals surface area contributed by atoms with Gasteiger partial charge in [0.15, 0.2) is 0 Å². The van der Waals surface area contributed by atoms with Gasteiger partial charge in [0.1, 0.15) is 5.75 Å². The fourth-order valence-electron chi connectivity index (χ4n) is 4.89. The minimum atomic E-state index is -0.416. The van der Waals surface area contributed by atoms with E-state index in [0.717, 1.165) is 48.6 Å². The van der Waals surface area contributed by atoms with E-state index >= 15 is 0 Å². The number of rotatable bonds is 6. The lowest BCUT2D eigenvalue weighted by atomic mass is 9.92. The van der Waals surface area contributed by atoms with Gasteiger partial charge >= 0.3 is 0 Å². The first-order chi connectivity index (χ1) is 15.9. The summed E-state index contributed by atoms with van der Waals surface area (Å²) in [5, 5.41) is 0. The van der Waals surface area contributed by atoms with Gasteiger partial charge in [-0.25, -0.2) is 0 Å². The van der Waals surface area contributed by atoms with Gasteiger partial charge in [-0.1, -0.05) is 18.2 Å². The van der Waals surface area contributed by atoms with E-state index in [2.05, 4.69) is 43.9 Å². The number of pyridine rings is 1. The van der Waals surface area contributed by atoms with E-state index in [1.165, 1.54) is 28.7 Å². The molecule has 0 saturated carbocycles. The Labute approximate surface area is 196 Å². The lowest BCUT2D eigenvalue weighted by Crippen LogP contribution is -2.34. The first-order valence-corrected chi connectivity index (χ1v) is 11.6. The lowest BCUT2D eigenvalue weighted by Gasteiger charge is -2.33. The van der Waals surface area contributed by atoms with Crippen LogP contribution in [0.15, 0.2) is 48.7 Å². The Balaban J connectivity index is 1.49. The van der Waals surface area contributed by atoms with Crippen LogP contribution in [0.25, 0.3) is 11.1 Å². The maximum Gasteiger partial charge on any atom is 0.248 e. The molecular weight excluding hydrogens is 410 g/mol. The lowest BCUT2D eigenvalue weighted by molar-refractivity contribution is 0.100. The van der Waals surface area contributed by atoms with Gasteiger partial charge in [0, 0.05) is 42.0 Å². The zero-order valence-electron chi connectivity index (χ0n) is 20.0. The summed E-state index contributed by atoms with van der Waals surface area (Å²) in [6, 6.07) is 13.8. The quantitative estimate of drug-likeness (QED) is 0.571. The number of piperidine rings is 1. The number of likely N-dealkylation sites (tertiary alicyclic amines) is 1. The van der Waals surface area contributed by atoms with Crippen molar-refractivity contribution in [2.75, 3.05) is 20.2 Å². The number of amides is 1. The van der Waals surface area contributed by atoms with E-state index in [1.807, 2.05) is 24.4 Å². The SMILES string of the molecule is COc1cc(C)c(CN2CCC[C@H](c3ccc(-c4cccc(C(N)=O)c4)cn3)C2)c(C)c1C. The predicted molar refractivity (Wildman–Crippen MR) is 133 cm³/mol. The van der Waals surface area contributed by atoms with Crippen molar-refractivity contribution in [3.63, 3.8) is 0 Å². The summed E-state index contributed by atoms with van der Waals surface area (Å²) in [4.78, 5) is 18.9. The number of methoxy groups -OCH3 is 1. The molecule has 1 fully saturated rings. The van der Waals surface area contributed by atoms with E-state index in [1.54, 1.807) is 13.2 Å². The second-order valence-electron chi connectivity index (χ2n) is 9.12. The largest absolute Gasteiger partial charge is 0.496 e. The molecular formula is C28H33N3O2. The van der Waals surface area contributed by atoms with Crippen molar-refractivity contribution in [3.8, 4) is 16.9 Å². The molecule has 5 nitrogen and oxygen atoms in total. The highest BCUT2D eigenvalue weighted by Crippen LogP contribution is 2.32. The Morgan fingerprint density at radius 2 is 1.94 bits per heavy atom. The van der Waals surface area contributed by atoms with Gasteiger partial charge in [0.2, 0.25) is 5.91 Å². The van der Waals surface area contributed by atoms with E-state index in [9.17, 15) is 4.79 Å². The van der Waals surface area contributed by atoms with Gasteiger partial charge in [-0.3, -0.25) is 14.7 Å². The van der Waals surface area contributed by atoms with Gasteiger partial charge in [0.05, 0.1) is 7.11 Å². The molecule has 2 N–H and O–H groups in total. The summed E-state index contributed by atoms with van der Waals surface area (Å²) < 4.78 is 5.54. The highest BCUT2D eigenvalue weighted by atomic mass is 16.5. The fraction of sp³-hybridized carbons (Fsp3) is 0.357. The van der Waals surface area contributed by atoms with Gasteiger partial charge in [-0.05, 0) is 92.2 Å². The number of primary amides is 1. The number of hydrogen-bond donors (Lipinski definition) is 1. The molecule has 1 saturated heterocycles. The number of hydrogen-bond acceptors (Lipinski definition) is 4. The molecule has 0 radical (unpaired) electrons. The summed E-state index contributed by atoms with van der Waals surface area (Å²) in [6.45, 7) is 9.60. The second-order valence-corrected chi connectivity index (χ2v) is 9.12. The zero-order chi connectivity index (χ0) is 23.5. The third kappa shape index (κ3) is 4.93. The molecule has 1 aromatic heterocycles. The number of nitrogens with zero attached hydrogens (tertiary/aromatic N) is 2. The van der Waals surface area contributed by atoms with Crippen LogP contribution < -0.4 is 10.5 Å². The van der Waals surface area contributed by atoms with Crippen LogP contribution in [-0.4, -0.2) is 36.0 Å². The Bertz CT molecular complexity index is 1150. The summed E-state index contributed by atoms with van der Waals surface area (Å²) in [6.07, 6.45) is 4.23. The Hall–Kier alpha value is -3.18. The number of ether oxygens (including phenoxy) is 1. The number of carbonyl (C=O) groups is 1. The number of aryl methyl sites for hydroxylation is 1. The van der Waals surface area contributed by atoms with Gasteiger partial charge in [0.25, 0.3) is 0 Å². The van der Waals surface area contributed by atoms with Crippen molar-refractivity contribution in [1.82, 2.24) is 9.88 Å². The molecule has 172 valence electrons. The monoisotopic (exact) mass is 443 g/mol. The third-order valence-corrected chi connectivity index (χ3v) is 7.00. The van der Waals surface area contributed by atoms with Crippen LogP contribution >= 0.6 is 0 Å². The molecule has 1 aliphatic rings. The van der Waals surface area contributed by atoms with Crippen LogP contribution in [0.3, 0.4) is 0 Å². The Kier molecular flexibility index (Phi) is 6.80. The van der Waals surface area contributed by atoms with Crippen molar-refractivity contribution >= 4 is 5.91 Å². The maximum absolute atomic E-state index is 11.5. The first-order valence-electron chi connectivity index (χ1n) is 11.6. The molecule has 0 spiro atoms. The van der Waals surface area contributed by atoms with E-state index < -0.39 is 5.91 Å². The number of benzene rings is 2. The van der Waals surface area contributed by atoms with Crippen LogP contribution in [0.4, 0.5) is 0 Å². The molecule has 0 aliphatic carbocycles. The Morgan fingerprint density at radius 3 is 2.64 bits per heavy atom. The average Bonchev–Trinajstić information content (AvgIpc) is 2.84. The van der Waals surface area contributed by atoms with E-state index in [-0.39, 0.29) is 0 Å². The van der Waals surface area contributed by atoms with Crippen LogP contribution in [0.5, 0.6) is 5.75 Å². The third-order valence-electron chi connectivity index (χ3n) is 7.00. The highest BCUT2D eigenvalue weighted by Gasteiger charge is 2.24. The minimum Gasteiger partial charge on any atom is -0.496 e. The van der Waals surface area contributed by atoms with Crippen molar-refractivity contribution in [3.05, 3.63) is 82.2 Å². The molecule has 0 bridgehead atoms. The van der Waals surface area contributed by atoms with Crippen molar-refractivity contribution in [1.29, 1.82) is 0 Å². The molecule has 33 heavy (non-hydrogen) atoms. The molecule has 4 rings (SSSR count). The number of nitrogens with two attached hydrogens (primary N) is 1. The summed E-state index contributed by atoms with van der Waals surface area (Å²) in [7, 11) is 1.74. The Morgan fingerprint density at radius 1 is 1.12 bits per heavy atom. The molecule has 2 aromatic carbocycles. The van der Waals surface area contributed by atoms with Crippen LogP contribution in [0.2, 0.25) is 0 Å². The van der Waals surface area contributed by atoms with Gasteiger partial charge < -0.3 is 10.5 Å². The second kappa shape index (κ2) is 9.75. The first kappa shape index (κ1) is 23.0. The molecule has 1 atom stereocenters. The number of carbonyl (C=O) groups excluding carboxylic acids is 1. The van der Waals surface area contributed by atoms with Crippen molar-refractivity contribution in [2.45, 2.75) is 46.1 Å². The molecule has 1 amide bonds. The van der Waals surface area contributed by atoms with Crippen molar-refractivity contribution in [2.24, 2.45) is 5.73 Å². The minimum absolute atomic E-state index is 0.416. The highest BCUT2D eigenvalue weighted by molar-refractivity contribution is 5.94. The standard InChI is InChI=1S/C28H33N3O2/c1-18-13-27(33-4)20(3)19(2)25(18)17-31-12-6-9-24(16-31)26-11-10-23(15-30-26)21-7-5-8-22(14-21)28(29)32/h5,7-8,10-11,13-15,24H,6,9,12,16-17H2,1-4H3,(H2,29,32)/t24-/m0/s1. The summed E-state index contributed by atoms with van der Waals surface area (Å²) >= 11 is 0. The van der Waals surface area contributed by atoms with Crippen LogP contribution in [0.1, 0.15) is 57.1 Å². The zero-order valence-corrected chi connectivity index (χ0v) is 20.0. The van der Waals surface area contributed by atoms with Gasteiger partial charge in [-0.15, -0.1) is 0 Å². The molecule has 0 unspecified atom stereocenters. The smallest absolute Gasteiger partial charge is 0.248 e. The molecule has 2 heterocycles. The molecule has 3 aromatic rings. The van der Waals surface area contributed by atoms with E-state index in [0.29, 0.717) is 11.5 Å². The fourth-order valence-corrected chi connectivity index (χ4v) is 4.89. The van der Waals surface area contributed by atoms with E-state index in [4.69, 9.17) is 15.5 Å². The van der Waals surface area contributed by atoms with Gasteiger partial charge in [-0.2, -0.15) is 0 Å². The molecule has 5 heteroatoms. The van der Waals surface area contributed by atoms with Crippen molar-refractivity contribution < 1.29 is 9.53 Å². The number of aromatic nitrogens is 1. The summed E-state index contributed by atoms with van der Waals surface area (Å²) in [5.41, 5.74) is 14.3.